The van der Waals surface area contributed by atoms with Crippen LogP contribution in [-0.2, 0) is 22.6 Å². The van der Waals surface area contributed by atoms with E-state index in [9.17, 15) is 14.0 Å². The normalized spacial score (nSPS) is 18.8. The van der Waals surface area contributed by atoms with Gasteiger partial charge in [-0.3, -0.25) is 9.59 Å². The van der Waals surface area contributed by atoms with Crippen molar-refractivity contribution in [1.29, 1.82) is 0 Å². The number of benzene rings is 3. The number of likely N-dealkylation sites (tertiary alicyclic amines) is 1. The van der Waals surface area contributed by atoms with Gasteiger partial charge in [0.05, 0.1) is 18.2 Å². The molecule has 2 atom stereocenters. The molecule has 0 bridgehead atoms. The van der Waals surface area contributed by atoms with Gasteiger partial charge in [0.2, 0.25) is 11.8 Å². The van der Waals surface area contributed by atoms with Crippen LogP contribution in [0.3, 0.4) is 0 Å². The number of amides is 2. The lowest BCUT2D eigenvalue weighted by molar-refractivity contribution is -0.128. The van der Waals surface area contributed by atoms with E-state index in [4.69, 9.17) is 0 Å². The Morgan fingerprint density at radius 1 is 0.975 bits per heavy atom. The maximum Gasteiger partial charge on any atom is 0.241 e. The summed E-state index contributed by atoms with van der Waals surface area (Å²) in [6.45, 7) is 5.98. The van der Waals surface area contributed by atoms with Gasteiger partial charge in [-0.05, 0) is 86.6 Å². The van der Waals surface area contributed by atoms with Gasteiger partial charge in [0.1, 0.15) is 11.1 Å². The predicted octanol–water partition coefficient (Wildman–Crippen LogP) is 5.93. The van der Waals surface area contributed by atoms with Crippen molar-refractivity contribution in [2.24, 2.45) is 11.8 Å². The minimum absolute atomic E-state index is 0.0888. The van der Waals surface area contributed by atoms with Gasteiger partial charge in [-0.2, -0.15) is 0 Å². The van der Waals surface area contributed by atoms with Crippen LogP contribution in [-0.4, -0.2) is 48.1 Å². The molecular formula is C33H38FN3O2S. The largest absolute Gasteiger partial charge is 0.356 e. The number of thioether (sulfide) groups is 1. The molecule has 5 rings (SSSR count). The van der Waals surface area contributed by atoms with Gasteiger partial charge < -0.3 is 15.1 Å². The monoisotopic (exact) mass is 559 g/mol. The van der Waals surface area contributed by atoms with Crippen LogP contribution in [0.25, 0.3) is 0 Å². The number of hydrogen-bond acceptors (Lipinski definition) is 4. The van der Waals surface area contributed by atoms with Gasteiger partial charge in [-0.25, -0.2) is 4.39 Å². The van der Waals surface area contributed by atoms with Gasteiger partial charge in [0, 0.05) is 11.4 Å². The number of nitrogens with one attached hydrogen (secondary N) is 1. The van der Waals surface area contributed by atoms with E-state index in [2.05, 4.69) is 40.5 Å². The molecule has 1 saturated heterocycles. The Hall–Kier alpha value is -3.16. The summed E-state index contributed by atoms with van der Waals surface area (Å²) < 4.78 is 13.4. The minimum Gasteiger partial charge on any atom is -0.356 e. The standard InChI is InChI=1S/C33H38FN3O2S/c1-24(32(38)35-18-7-19-36-20-16-26(17-21-36)22-25-8-3-2-4-9-25)31-33(39)37(23-27-12-14-28(34)15-13-27)29-10-5-6-11-30(29)40-31/h2-6,8-15,24,26,31H,7,16-23H2,1H3,(H,35,38)/t24-,31-/m0/s1. The molecule has 40 heavy (non-hydrogen) atoms. The smallest absolute Gasteiger partial charge is 0.241 e. The van der Waals surface area contributed by atoms with Crippen LogP contribution in [0.4, 0.5) is 10.1 Å². The van der Waals surface area contributed by atoms with Crippen LogP contribution in [0.15, 0.2) is 83.8 Å². The molecule has 0 aliphatic carbocycles. The molecule has 2 aliphatic heterocycles. The van der Waals surface area contributed by atoms with Crippen LogP contribution in [0.1, 0.15) is 37.3 Å². The number of halogens is 1. The molecule has 0 unspecified atom stereocenters. The van der Waals surface area contributed by atoms with E-state index >= 15 is 0 Å². The highest BCUT2D eigenvalue weighted by molar-refractivity contribution is 8.01. The van der Waals surface area contributed by atoms with Crippen LogP contribution in [0, 0.1) is 17.7 Å². The average molecular weight is 560 g/mol. The van der Waals surface area contributed by atoms with Crippen LogP contribution < -0.4 is 10.2 Å². The summed E-state index contributed by atoms with van der Waals surface area (Å²) in [6.07, 6.45) is 4.49. The molecule has 3 aromatic carbocycles. The molecule has 1 fully saturated rings. The van der Waals surface area contributed by atoms with E-state index in [-0.39, 0.29) is 17.6 Å². The Morgan fingerprint density at radius 3 is 2.42 bits per heavy atom. The molecule has 0 spiro atoms. The number of hydrogen-bond donors (Lipinski definition) is 1. The highest BCUT2D eigenvalue weighted by Gasteiger charge is 2.39. The van der Waals surface area contributed by atoms with E-state index in [1.807, 2.05) is 31.2 Å². The average Bonchev–Trinajstić information content (AvgIpc) is 2.98. The summed E-state index contributed by atoms with van der Waals surface area (Å²) in [5, 5.41) is 2.57. The summed E-state index contributed by atoms with van der Waals surface area (Å²) in [5.41, 5.74) is 3.10. The molecular weight excluding hydrogens is 521 g/mol. The summed E-state index contributed by atoms with van der Waals surface area (Å²) in [5.74, 6) is -0.212. The minimum atomic E-state index is -0.515. The molecule has 0 aromatic heterocycles. The Balaban J connectivity index is 1.09. The van der Waals surface area contributed by atoms with E-state index in [1.165, 1.54) is 42.3 Å². The number of fused-ring (bicyclic) bond motifs is 1. The summed E-state index contributed by atoms with van der Waals surface area (Å²) in [7, 11) is 0. The van der Waals surface area contributed by atoms with Crippen molar-refractivity contribution in [3.63, 3.8) is 0 Å². The number of para-hydroxylation sites is 1. The zero-order valence-corrected chi connectivity index (χ0v) is 23.9. The van der Waals surface area contributed by atoms with E-state index in [0.29, 0.717) is 13.1 Å². The molecule has 2 heterocycles. The number of anilines is 1. The Morgan fingerprint density at radius 2 is 1.68 bits per heavy atom. The Labute approximate surface area is 241 Å². The number of nitrogens with zero attached hydrogens (tertiary/aromatic N) is 2. The highest BCUT2D eigenvalue weighted by Crippen LogP contribution is 2.42. The fraction of sp³-hybridized carbons (Fsp3) is 0.394. The van der Waals surface area contributed by atoms with E-state index in [0.717, 1.165) is 54.5 Å². The fourth-order valence-electron chi connectivity index (χ4n) is 5.67. The van der Waals surface area contributed by atoms with Crippen molar-refractivity contribution in [1.82, 2.24) is 10.2 Å². The van der Waals surface area contributed by atoms with Crippen LogP contribution in [0.5, 0.6) is 0 Å². The first-order valence-electron chi connectivity index (χ1n) is 14.3. The molecule has 7 heteroatoms. The quantitative estimate of drug-likeness (QED) is 0.313. The summed E-state index contributed by atoms with van der Waals surface area (Å²) in [6, 6.07) is 24.7. The lowest BCUT2D eigenvalue weighted by Crippen LogP contribution is -2.47. The summed E-state index contributed by atoms with van der Waals surface area (Å²) in [4.78, 5) is 32.0. The third-order valence-corrected chi connectivity index (χ3v) is 9.53. The molecule has 0 saturated carbocycles. The second-order valence-electron chi connectivity index (χ2n) is 11.0. The van der Waals surface area contributed by atoms with Gasteiger partial charge >= 0.3 is 0 Å². The zero-order chi connectivity index (χ0) is 27.9. The van der Waals surface area contributed by atoms with Crippen molar-refractivity contribution in [2.75, 3.05) is 31.1 Å². The molecule has 5 nitrogen and oxygen atoms in total. The molecule has 2 aliphatic rings. The Kier molecular flexibility index (Phi) is 9.55. The maximum absolute atomic E-state index is 13.6. The second kappa shape index (κ2) is 13.5. The highest BCUT2D eigenvalue weighted by atomic mass is 32.2. The number of carbonyl (C=O) groups excluding carboxylic acids is 2. The van der Waals surface area contributed by atoms with E-state index < -0.39 is 11.2 Å². The topological polar surface area (TPSA) is 52.7 Å². The van der Waals surface area contributed by atoms with Crippen LogP contribution in [0.2, 0.25) is 0 Å². The molecule has 1 N–H and O–H groups in total. The SMILES string of the molecule is C[C@H](C(=O)NCCCN1CCC(Cc2ccccc2)CC1)[C@@H]1Sc2ccccc2N(Cc2ccc(F)cc2)C1=O. The molecule has 2 amide bonds. The van der Waals surface area contributed by atoms with Crippen molar-refractivity contribution in [2.45, 2.75) is 49.3 Å². The van der Waals surface area contributed by atoms with Crippen molar-refractivity contribution in [3.05, 3.63) is 95.8 Å². The van der Waals surface area contributed by atoms with Crippen molar-refractivity contribution >= 4 is 29.3 Å². The summed E-state index contributed by atoms with van der Waals surface area (Å²) >= 11 is 1.46. The van der Waals surface area contributed by atoms with E-state index in [1.54, 1.807) is 17.0 Å². The number of rotatable bonds is 10. The maximum atomic E-state index is 13.6. The number of carbonyl (C=O) groups is 2. The first kappa shape index (κ1) is 28.4. The molecule has 210 valence electrons. The van der Waals surface area contributed by atoms with Gasteiger partial charge in [0.25, 0.3) is 0 Å². The lowest BCUT2D eigenvalue weighted by atomic mass is 9.90. The molecule has 3 aromatic rings. The third-order valence-electron chi connectivity index (χ3n) is 8.07. The fourth-order valence-corrected chi connectivity index (χ4v) is 6.95. The Bertz CT molecular complexity index is 1280. The zero-order valence-electron chi connectivity index (χ0n) is 23.1. The lowest BCUT2D eigenvalue weighted by Gasteiger charge is -2.36. The first-order valence-corrected chi connectivity index (χ1v) is 15.2. The van der Waals surface area contributed by atoms with Crippen LogP contribution >= 0.6 is 11.8 Å². The van der Waals surface area contributed by atoms with Gasteiger partial charge in [-0.1, -0.05) is 61.5 Å². The van der Waals surface area contributed by atoms with Gasteiger partial charge in [0.15, 0.2) is 0 Å². The van der Waals surface area contributed by atoms with Crippen molar-refractivity contribution < 1.29 is 14.0 Å². The number of piperidine rings is 1. The third kappa shape index (κ3) is 7.12. The van der Waals surface area contributed by atoms with Gasteiger partial charge in [-0.15, -0.1) is 11.8 Å². The predicted molar refractivity (Wildman–Crippen MR) is 160 cm³/mol. The first-order chi connectivity index (χ1) is 19.5. The van der Waals surface area contributed by atoms with Crippen molar-refractivity contribution in [3.8, 4) is 0 Å². The second-order valence-corrected chi connectivity index (χ2v) is 12.1. The molecule has 0 radical (unpaired) electrons.